The standard InChI is InChI=1S/C4H11N3O2/c5-1-3(6)7-2-4(8)9/h3,7H,1-2,5-6H2,(H,8,9). The van der Waals surface area contributed by atoms with Gasteiger partial charge in [-0.05, 0) is 0 Å². The lowest BCUT2D eigenvalue weighted by Gasteiger charge is -2.07. The van der Waals surface area contributed by atoms with Crippen molar-refractivity contribution in [2.75, 3.05) is 13.1 Å². The fourth-order valence-electron chi connectivity index (χ4n) is 0.302. The first-order chi connectivity index (χ1) is 4.16. The molecule has 0 spiro atoms. The van der Waals surface area contributed by atoms with Crippen molar-refractivity contribution in [1.82, 2.24) is 5.32 Å². The number of carboxylic acids is 1. The molecular formula is C4H11N3O2. The topological polar surface area (TPSA) is 101 Å². The van der Waals surface area contributed by atoms with Crippen LogP contribution < -0.4 is 16.8 Å². The summed E-state index contributed by atoms with van der Waals surface area (Å²) in [7, 11) is 0. The fraction of sp³-hybridized carbons (Fsp3) is 0.750. The second-order valence-electron chi connectivity index (χ2n) is 1.62. The molecule has 0 bridgehead atoms. The molecule has 0 fully saturated rings. The molecule has 0 heterocycles. The Balaban J connectivity index is 3.16. The fourth-order valence-corrected chi connectivity index (χ4v) is 0.302. The van der Waals surface area contributed by atoms with E-state index in [1.807, 2.05) is 0 Å². The van der Waals surface area contributed by atoms with E-state index < -0.39 is 12.1 Å². The zero-order valence-corrected chi connectivity index (χ0v) is 5.00. The first-order valence-electron chi connectivity index (χ1n) is 2.57. The Bertz CT molecular complexity index is 95.8. The molecule has 0 saturated carbocycles. The van der Waals surface area contributed by atoms with Crippen LogP contribution in [0.2, 0.25) is 0 Å². The molecule has 0 aromatic carbocycles. The Hall–Kier alpha value is -0.650. The van der Waals surface area contributed by atoms with Crippen molar-refractivity contribution in [2.45, 2.75) is 6.17 Å². The van der Waals surface area contributed by atoms with E-state index in [0.717, 1.165) is 0 Å². The van der Waals surface area contributed by atoms with Crippen LogP contribution in [0.1, 0.15) is 0 Å². The highest BCUT2D eigenvalue weighted by Gasteiger charge is 1.99. The summed E-state index contributed by atoms with van der Waals surface area (Å²) in [6.07, 6.45) is -0.416. The summed E-state index contributed by atoms with van der Waals surface area (Å²) >= 11 is 0. The Morgan fingerprint density at radius 2 is 2.33 bits per heavy atom. The van der Waals surface area contributed by atoms with Crippen molar-refractivity contribution < 1.29 is 9.90 Å². The third kappa shape index (κ3) is 5.22. The number of rotatable bonds is 4. The van der Waals surface area contributed by atoms with Crippen molar-refractivity contribution in [3.63, 3.8) is 0 Å². The number of hydrogen-bond acceptors (Lipinski definition) is 4. The van der Waals surface area contributed by atoms with Crippen LogP contribution in [0.25, 0.3) is 0 Å². The molecule has 0 amide bonds. The van der Waals surface area contributed by atoms with E-state index in [0.29, 0.717) is 0 Å². The van der Waals surface area contributed by atoms with E-state index in [4.69, 9.17) is 16.6 Å². The maximum absolute atomic E-state index is 9.86. The lowest BCUT2D eigenvalue weighted by atomic mass is 10.5. The third-order valence-corrected chi connectivity index (χ3v) is 0.769. The quantitative estimate of drug-likeness (QED) is 0.329. The minimum Gasteiger partial charge on any atom is -0.480 e. The Morgan fingerprint density at radius 3 is 2.67 bits per heavy atom. The molecule has 0 aliphatic rings. The number of carboxylic acid groups (broad SMARTS) is 1. The smallest absolute Gasteiger partial charge is 0.317 e. The van der Waals surface area contributed by atoms with Gasteiger partial charge < -0.3 is 16.6 Å². The van der Waals surface area contributed by atoms with E-state index in [1.165, 1.54) is 0 Å². The zero-order chi connectivity index (χ0) is 7.28. The average molecular weight is 133 g/mol. The normalized spacial score (nSPS) is 13.1. The van der Waals surface area contributed by atoms with Crippen LogP contribution in [0.15, 0.2) is 0 Å². The molecule has 1 atom stereocenters. The van der Waals surface area contributed by atoms with E-state index in [2.05, 4.69) is 5.32 Å². The maximum Gasteiger partial charge on any atom is 0.317 e. The van der Waals surface area contributed by atoms with Crippen molar-refractivity contribution in [2.24, 2.45) is 11.5 Å². The highest BCUT2D eigenvalue weighted by molar-refractivity contribution is 5.69. The first kappa shape index (κ1) is 8.35. The minimum absolute atomic E-state index is 0.141. The molecule has 0 radical (unpaired) electrons. The zero-order valence-electron chi connectivity index (χ0n) is 5.00. The Kier molecular flexibility index (Phi) is 3.94. The minimum atomic E-state index is -0.932. The summed E-state index contributed by atoms with van der Waals surface area (Å²) in [4.78, 5) is 9.86. The second kappa shape index (κ2) is 4.25. The van der Waals surface area contributed by atoms with Gasteiger partial charge in [0.25, 0.3) is 0 Å². The number of nitrogens with one attached hydrogen (secondary N) is 1. The van der Waals surface area contributed by atoms with E-state index in [9.17, 15) is 4.79 Å². The van der Waals surface area contributed by atoms with Gasteiger partial charge in [0.05, 0.1) is 12.7 Å². The van der Waals surface area contributed by atoms with Gasteiger partial charge in [-0.3, -0.25) is 10.1 Å². The number of hydrogen-bond donors (Lipinski definition) is 4. The summed E-state index contributed by atoms with van der Waals surface area (Å²) < 4.78 is 0. The van der Waals surface area contributed by atoms with Crippen LogP contribution >= 0.6 is 0 Å². The lowest BCUT2D eigenvalue weighted by Crippen LogP contribution is -2.45. The molecule has 0 rings (SSSR count). The second-order valence-corrected chi connectivity index (χ2v) is 1.62. The van der Waals surface area contributed by atoms with Gasteiger partial charge in [0.15, 0.2) is 0 Å². The van der Waals surface area contributed by atoms with Gasteiger partial charge in [0, 0.05) is 6.54 Å². The van der Waals surface area contributed by atoms with Gasteiger partial charge in [-0.15, -0.1) is 0 Å². The number of nitrogens with two attached hydrogens (primary N) is 2. The average Bonchev–Trinajstić information content (AvgIpc) is 1.83. The van der Waals surface area contributed by atoms with Gasteiger partial charge in [0.1, 0.15) is 0 Å². The molecular weight excluding hydrogens is 122 g/mol. The van der Waals surface area contributed by atoms with Crippen LogP contribution in [0.4, 0.5) is 0 Å². The van der Waals surface area contributed by atoms with Crippen molar-refractivity contribution >= 4 is 5.97 Å². The van der Waals surface area contributed by atoms with Gasteiger partial charge in [0.2, 0.25) is 0 Å². The van der Waals surface area contributed by atoms with Crippen LogP contribution in [-0.4, -0.2) is 30.3 Å². The predicted octanol–water partition coefficient (Wildman–Crippen LogP) is -2.10. The molecule has 0 aliphatic heterocycles. The van der Waals surface area contributed by atoms with Gasteiger partial charge in [-0.1, -0.05) is 0 Å². The largest absolute Gasteiger partial charge is 0.480 e. The summed E-state index contributed by atoms with van der Waals surface area (Å²) in [5, 5.41) is 10.6. The van der Waals surface area contributed by atoms with Gasteiger partial charge in [-0.2, -0.15) is 0 Å². The molecule has 5 nitrogen and oxygen atoms in total. The highest BCUT2D eigenvalue weighted by atomic mass is 16.4. The van der Waals surface area contributed by atoms with Crippen molar-refractivity contribution in [3.8, 4) is 0 Å². The highest BCUT2D eigenvalue weighted by Crippen LogP contribution is 1.64. The van der Waals surface area contributed by atoms with Gasteiger partial charge >= 0.3 is 5.97 Å². The summed E-state index contributed by atoms with van der Waals surface area (Å²) in [6.45, 7) is 0.103. The molecule has 54 valence electrons. The molecule has 0 saturated heterocycles. The van der Waals surface area contributed by atoms with E-state index >= 15 is 0 Å². The predicted molar refractivity (Wildman–Crippen MR) is 32.7 cm³/mol. The number of carbonyl (C=O) groups is 1. The van der Waals surface area contributed by atoms with Crippen molar-refractivity contribution in [3.05, 3.63) is 0 Å². The molecule has 1 unspecified atom stereocenters. The summed E-state index contributed by atoms with van der Waals surface area (Å²) in [5.74, 6) is -0.932. The molecule has 0 aliphatic carbocycles. The SMILES string of the molecule is NCC(N)NCC(=O)O. The first-order valence-corrected chi connectivity index (χ1v) is 2.57. The molecule has 5 heteroatoms. The molecule has 0 aromatic rings. The summed E-state index contributed by atoms with van der Waals surface area (Å²) in [6, 6.07) is 0. The lowest BCUT2D eigenvalue weighted by molar-refractivity contribution is -0.136. The van der Waals surface area contributed by atoms with E-state index in [1.54, 1.807) is 0 Å². The van der Waals surface area contributed by atoms with Crippen LogP contribution in [0.3, 0.4) is 0 Å². The van der Waals surface area contributed by atoms with Crippen molar-refractivity contribution in [1.29, 1.82) is 0 Å². The van der Waals surface area contributed by atoms with Gasteiger partial charge in [-0.25, -0.2) is 0 Å². The molecule has 9 heavy (non-hydrogen) atoms. The molecule has 0 aromatic heterocycles. The monoisotopic (exact) mass is 133 g/mol. The Morgan fingerprint density at radius 1 is 1.78 bits per heavy atom. The summed E-state index contributed by atoms with van der Waals surface area (Å²) in [5.41, 5.74) is 10.3. The third-order valence-electron chi connectivity index (χ3n) is 0.769. The maximum atomic E-state index is 9.86. The van der Waals surface area contributed by atoms with Crippen LogP contribution in [-0.2, 0) is 4.79 Å². The number of aliphatic carboxylic acids is 1. The van der Waals surface area contributed by atoms with Crippen LogP contribution in [0.5, 0.6) is 0 Å². The molecule has 6 N–H and O–H groups in total. The van der Waals surface area contributed by atoms with Crippen LogP contribution in [0, 0.1) is 0 Å². The Labute approximate surface area is 53.0 Å². The van der Waals surface area contributed by atoms with E-state index in [-0.39, 0.29) is 13.1 Å².